The highest BCUT2D eigenvalue weighted by atomic mass is 35.5. The molecule has 0 aliphatic rings. The van der Waals surface area contributed by atoms with E-state index < -0.39 is 18.1 Å². The van der Waals surface area contributed by atoms with E-state index in [4.69, 9.17) is 11.6 Å². The molecule has 3 aromatic carbocycles. The number of hydrogen-bond donors (Lipinski definition) is 2. The summed E-state index contributed by atoms with van der Waals surface area (Å²) in [6.07, 6.45) is 3.79. The molecule has 1 amide bonds. The van der Waals surface area contributed by atoms with E-state index in [1.807, 2.05) is 99.6 Å². The van der Waals surface area contributed by atoms with Gasteiger partial charge in [0.1, 0.15) is 6.04 Å². The summed E-state index contributed by atoms with van der Waals surface area (Å²) in [4.78, 5) is 39.7. The molecule has 0 saturated carbocycles. The molecule has 0 fully saturated rings. The average molecular weight is 585 g/mol. The van der Waals surface area contributed by atoms with Crippen LogP contribution in [0.3, 0.4) is 0 Å². The number of carboxylic acid groups (broad SMARTS) is 1. The molecule has 2 N–H and O–H groups in total. The Morgan fingerprint density at radius 2 is 1.67 bits per heavy atom. The number of unbranched alkanes of at least 4 members (excludes halogenated alkanes) is 1. The Hall–Kier alpha value is -4.16. The molecule has 218 valence electrons. The van der Waals surface area contributed by atoms with Crippen molar-refractivity contribution in [3.05, 3.63) is 128 Å². The molecular formula is C35H37ClN2O4. The zero-order valence-electron chi connectivity index (χ0n) is 24.3. The fourth-order valence-corrected chi connectivity index (χ4v) is 5.60. The highest BCUT2D eigenvalue weighted by Gasteiger charge is 2.27. The molecular weight excluding hydrogens is 548 g/mol. The van der Waals surface area contributed by atoms with Gasteiger partial charge in [0.2, 0.25) is 5.91 Å². The minimum absolute atomic E-state index is 0.253. The van der Waals surface area contributed by atoms with Gasteiger partial charge in [-0.15, -0.1) is 0 Å². The lowest BCUT2D eigenvalue weighted by atomic mass is 9.97. The average Bonchev–Trinajstić information content (AvgIpc) is 2.97. The number of amides is 1. The minimum Gasteiger partial charge on any atom is -0.481 e. The van der Waals surface area contributed by atoms with Crippen LogP contribution in [0.2, 0.25) is 5.02 Å². The number of benzene rings is 3. The molecule has 0 unspecified atom stereocenters. The number of carbonyl (C=O) groups excluding carboxylic acids is 1. The van der Waals surface area contributed by atoms with Crippen LogP contribution in [0.1, 0.15) is 72.5 Å². The Morgan fingerprint density at radius 1 is 0.952 bits per heavy atom. The predicted molar refractivity (Wildman–Crippen MR) is 168 cm³/mol. The third kappa shape index (κ3) is 7.56. The highest BCUT2D eigenvalue weighted by Crippen LogP contribution is 2.27. The van der Waals surface area contributed by atoms with Gasteiger partial charge in [-0.25, -0.2) is 0 Å². The number of aliphatic carboxylic acids is 1. The Morgan fingerprint density at radius 3 is 2.36 bits per heavy atom. The predicted octanol–water partition coefficient (Wildman–Crippen LogP) is 7.44. The zero-order chi connectivity index (χ0) is 30.2. The van der Waals surface area contributed by atoms with Crippen molar-refractivity contribution in [2.24, 2.45) is 0 Å². The number of hydrogen-bond acceptors (Lipinski definition) is 3. The first-order valence-electron chi connectivity index (χ1n) is 14.3. The summed E-state index contributed by atoms with van der Waals surface area (Å²) in [5.41, 5.74) is 5.62. The van der Waals surface area contributed by atoms with Crippen LogP contribution in [-0.2, 0) is 16.0 Å². The molecule has 42 heavy (non-hydrogen) atoms. The molecule has 0 aliphatic heterocycles. The van der Waals surface area contributed by atoms with E-state index in [-0.39, 0.29) is 17.9 Å². The van der Waals surface area contributed by atoms with Crippen molar-refractivity contribution in [1.29, 1.82) is 0 Å². The molecule has 7 heteroatoms. The Bertz CT molecular complexity index is 1590. The molecule has 0 saturated heterocycles. The van der Waals surface area contributed by atoms with Gasteiger partial charge < -0.3 is 15.0 Å². The van der Waals surface area contributed by atoms with Gasteiger partial charge in [0, 0.05) is 23.2 Å². The standard InChI is InChI=1S/C35H37ClN2O4/c1-4-5-17-32(38-22-23(2)18-28(35(38)42)20-29-24(3)11-9-16-30(29)36)34(41)37-31(21-33(39)40)27-15-10-14-26(19-27)25-12-7-6-8-13-25/h6-16,18-19,22,31-32H,4-5,17,20-21H2,1-3H3,(H,37,41)(H,39,40)/t31-,32+/m0/s1. The third-order valence-electron chi connectivity index (χ3n) is 7.54. The first-order chi connectivity index (χ1) is 20.2. The third-order valence-corrected chi connectivity index (χ3v) is 7.89. The largest absolute Gasteiger partial charge is 0.481 e. The molecule has 0 aliphatic carbocycles. The Balaban J connectivity index is 1.69. The van der Waals surface area contributed by atoms with Crippen molar-refractivity contribution in [3.63, 3.8) is 0 Å². The molecule has 1 aromatic heterocycles. The summed E-state index contributed by atoms with van der Waals surface area (Å²) < 4.78 is 1.51. The van der Waals surface area contributed by atoms with Crippen LogP contribution >= 0.6 is 11.6 Å². The molecule has 2 atom stereocenters. The minimum atomic E-state index is -1.03. The number of nitrogens with one attached hydrogen (secondary N) is 1. The van der Waals surface area contributed by atoms with Crippen molar-refractivity contribution < 1.29 is 14.7 Å². The van der Waals surface area contributed by atoms with E-state index in [2.05, 4.69) is 5.32 Å². The van der Waals surface area contributed by atoms with Crippen molar-refractivity contribution in [3.8, 4) is 11.1 Å². The van der Waals surface area contributed by atoms with E-state index in [1.54, 1.807) is 6.20 Å². The van der Waals surface area contributed by atoms with Gasteiger partial charge in [0.15, 0.2) is 0 Å². The summed E-state index contributed by atoms with van der Waals surface area (Å²) in [5.74, 6) is -1.41. The number of aryl methyl sites for hydroxylation is 2. The lowest BCUT2D eigenvalue weighted by Crippen LogP contribution is -2.40. The number of pyridine rings is 1. The molecule has 6 nitrogen and oxygen atoms in total. The van der Waals surface area contributed by atoms with E-state index in [0.717, 1.165) is 40.7 Å². The number of nitrogens with zero attached hydrogens (tertiary/aromatic N) is 1. The molecule has 0 radical (unpaired) electrons. The SMILES string of the molecule is CCCC[C@H](C(=O)N[C@@H](CC(=O)O)c1cccc(-c2ccccc2)c1)n1cc(C)cc(Cc2c(C)cccc2Cl)c1=O. The van der Waals surface area contributed by atoms with Gasteiger partial charge in [0.25, 0.3) is 5.56 Å². The maximum Gasteiger partial charge on any atom is 0.305 e. The van der Waals surface area contributed by atoms with Gasteiger partial charge >= 0.3 is 5.97 Å². The van der Waals surface area contributed by atoms with E-state index >= 15 is 0 Å². The summed E-state index contributed by atoms with van der Waals surface area (Å²) in [6.45, 7) is 5.89. The quantitative estimate of drug-likeness (QED) is 0.181. The zero-order valence-corrected chi connectivity index (χ0v) is 25.0. The second-order valence-electron chi connectivity index (χ2n) is 10.8. The highest BCUT2D eigenvalue weighted by molar-refractivity contribution is 6.31. The van der Waals surface area contributed by atoms with Crippen LogP contribution in [0.4, 0.5) is 0 Å². The number of rotatable bonds is 12. The molecule has 1 heterocycles. The van der Waals surface area contributed by atoms with Crippen molar-refractivity contribution in [2.45, 2.75) is 65.0 Å². The van der Waals surface area contributed by atoms with Crippen molar-refractivity contribution >= 4 is 23.5 Å². The Labute approximate surface area is 252 Å². The topological polar surface area (TPSA) is 88.4 Å². The number of carbonyl (C=O) groups is 2. The lowest BCUT2D eigenvalue weighted by Gasteiger charge is -2.25. The van der Waals surface area contributed by atoms with Crippen LogP contribution in [-0.4, -0.2) is 21.6 Å². The van der Waals surface area contributed by atoms with Crippen LogP contribution in [0.25, 0.3) is 11.1 Å². The summed E-state index contributed by atoms with van der Waals surface area (Å²) >= 11 is 6.48. The second kappa shape index (κ2) is 14.1. The molecule has 0 bridgehead atoms. The normalized spacial score (nSPS) is 12.5. The first kappa shape index (κ1) is 30.8. The summed E-state index contributed by atoms with van der Waals surface area (Å²) in [5, 5.41) is 13.3. The van der Waals surface area contributed by atoms with Gasteiger partial charge in [0.05, 0.1) is 12.5 Å². The van der Waals surface area contributed by atoms with Gasteiger partial charge in [-0.05, 0) is 71.8 Å². The first-order valence-corrected chi connectivity index (χ1v) is 14.7. The number of halogens is 1. The van der Waals surface area contributed by atoms with Gasteiger partial charge in [-0.2, -0.15) is 0 Å². The lowest BCUT2D eigenvalue weighted by molar-refractivity contribution is -0.138. The van der Waals surface area contributed by atoms with Crippen LogP contribution in [0.5, 0.6) is 0 Å². The van der Waals surface area contributed by atoms with E-state index in [0.29, 0.717) is 29.0 Å². The molecule has 0 spiro atoms. The van der Waals surface area contributed by atoms with Gasteiger partial charge in [-0.3, -0.25) is 14.4 Å². The van der Waals surface area contributed by atoms with Gasteiger partial charge in [-0.1, -0.05) is 92.0 Å². The van der Waals surface area contributed by atoms with Crippen molar-refractivity contribution in [1.82, 2.24) is 9.88 Å². The van der Waals surface area contributed by atoms with E-state index in [9.17, 15) is 19.5 Å². The molecule has 4 aromatic rings. The maximum atomic E-state index is 13.9. The number of carboxylic acids is 1. The fourth-order valence-electron chi connectivity index (χ4n) is 5.31. The summed E-state index contributed by atoms with van der Waals surface area (Å²) in [6, 6.07) is 23.3. The van der Waals surface area contributed by atoms with E-state index in [1.165, 1.54) is 4.57 Å². The van der Waals surface area contributed by atoms with Crippen LogP contribution in [0, 0.1) is 13.8 Å². The monoisotopic (exact) mass is 584 g/mol. The Kier molecular flexibility index (Phi) is 10.4. The fraction of sp³-hybridized carbons (Fsp3) is 0.286. The summed E-state index contributed by atoms with van der Waals surface area (Å²) in [7, 11) is 0. The van der Waals surface area contributed by atoms with Crippen molar-refractivity contribution in [2.75, 3.05) is 0 Å². The molecule has 4 rings (SSSR count). The smallest absolute Gasteiger partial charge is 0.305 e. The maximum absolute atomic E-state index is 13.9. The van der Waals surface area contributed by atoms with Crippen LogP contribution in [0.15, 0.2) is 89.9 Å². The number of aromatic nitrogens is 1. The van der Waals surface area contributed by atoms with Crippen LogP contribution < -0.4 is 10.9 Å². The second-order valence-corrected chi connectivity index (χ2v) is 11.2.